The number of rotatable bonds is 10. The Labute approximate surface area is 185 Å². The van der Waals surface area contributed by atoms with Crippen molar-refractivity contribution in [2.75, 3.05) is 19.8 Å². The number of hydrogen-bond acceptors (Lipinski definition) is 4. The normalized spacial score (nSPS) is 11.2. The summed E-state index contributed by atoms with van der Waals surface area (Å²) in [6.07, 6.45) is 1.94. The summed E-state index contributed by atoms with van der Waals surface area (Å²) in [6, 6.07) is 8.44. The number of nitrogens with zero attached hydrogens (tertiary/aromatic N) is 4. The molecule has 2 N–H and O–H groups in total. The molecule has 1 aromatic carbocycles. The first-order chi connectivity index (χ1) is 13.2. The molecule has 0 atom stereocenters. The number of guanidine groups is 1. The monoisotopic (exact) mass is 500 g/mol. The lowest BCUT2D eigenvalue weighted by Gasteiger charge is -2.13. The molecular weight excluding hydrogens is 467 g/mol. The van der Waals surface area contributed by atoms with Crippen molar-refractivity contribution in [1.29, 1.82) is 0 Å². The van der Waals surface area contributed by atoms with Crippen molar-refractivity contribution in [1.82, 2.24) is 25.4 Å². The number of aromatic nitrogens is 3. The topological polar surface area (TPSA) is 76.4 Å². The fourth-order valence-electron chi connectivity index (χ4n) is 2.69. The van der Waals surface area contributed by atoms with Crippen LogP contribution in [0.5, 0.6) is 0 Å². The molecule has 156 valence electrons. The Morgan fingerprint density at radius 3 is 2.54 bits per heavy atom. The number of halogens is 1. The van der Waals surface area contributed by atoms with Crippen LogP contribution in [0.4, 0.5) is 0 Å². The van der Waals surface area contributed by atoms with E-state index in [1.165, 1.54) is 11.1 Å². The Hall–Kier alpha value is -1.68. The van der Waals surface area contributed by atoms with Crippen LogP contribution in [0, 0.1) is 6.92 Å². The predicted molar refractivity (Wildman–Crippen MR) is 124 cm³/mol. The molecule has 0 unspecified atom stereocenters. The molecule has 2 aromatic rings. The number of aliphatic imine (C=N–C) groups is 1. The lowest BCUT2D eigenvalue weighted by Crippen LogP contribution is -2.38. The first kappa shape index (κ1) is 24.4. The molecule has 0 fully saturated rings. The standard InChI is InChI=1S/C20H32N6O.HI/c1-5-17-10-7-8-11-18(17)14-22-20(21-12-9-13-27-6-2)23-15-19-25-24-16(3)26(19)4;/h7-8,10-11H,5-6,9,12-15H2,1-4H3,(H2,21,22,23);1H. The molecule has 0 aliphatic heterocycles. The van der Waals surface area contributed by atoms with Gasteiger partial charge in [0.2, 0.25) is 0 Å². The second-order valence-electron chi connectivity index (χ2n) is 6.34. The molecule has 0 radical (unpaired) electrons. The molecule has 7 nitrogen and oxygen atoms in total. The van der Waals surface area contributed by atoms with E-state index in [1.807, 2.05) is 25.5 Å². The van der Waals surface area contributed by atoms with Gasteiger partial charge in [-0.1, -0.05) is 31.2 Å². The van der Waals surface area contributed by atoms with Gasteiger partial charge in [-0.15, -0.1) is 34.2 Å². The van der Waals surface area contributed by atoms with E-state index >= 15 is 0 Å². The summed E-state index contributed by atoms with van der Waals surface area (Å²) in [5, 5.41) is 15.1. The molecule has 0 amide bonds. The van der Waals surface area contributed by atoms with Gasteiger partial charge >= 0.3 is 0 Å². The molecule has 1 heterocycles. The minimum atomic E-state index is 0. The highest BCUT2D eigenvalue weighted by Crippen LogP contribution is 2.10. The van der Waals surface area contributed by atoms with Gasteiger partial charge in [0, 0.05) is 26.8 Å². The fraction of sp³-hybridized carbons (Fsp3) is 0.550. The van der Waals surface area contributed by atoms with E-state index in [-0.39, 0.29) is 24.0 Å². The molecule has 8 heteroatoms. The third-order valence-electron chi connectivity index (χ3n) is 4.47. The van der Waals surface area contributed by atoms with Gasteiger partial charge in [0.15, 0.2) is 11.8 Å². The quantitative estimate of drug-likeness (QED) is 0.227. The van der Waals surface area contributed by atoms with Crippen molar-refractivity contribution in [2.24, 2.45) is 12.0 Å². The maximum Gasteiger partial charge on any atom is 0.191 e. The summed E-state index contributed by atoms with van der Waals surface area (Å²) in [7, 11) is 1.97. The average Bonchev–Trinajstić information content (AvgIpc) is 3.01. The van der Waals surface area contributed by atoms with E-state index in [1.54, 1.807) is 0 Å². The molecule has 28 heavy (non-hydrogen) atoms. The van der Waals surface area contributed by atoms with E-state index in [2.05, 4.69) is 52.0 Å². The van der Waals surface area contributed by atoms with Gasteiger partial charge in [-0.25, -0.2) is 4.99 Å². The third kappa shape index (κ3) is 7.75. The van der Waals surface area contributed by atoms with Crippen molar-refractivity contribution in [3.05, 3.63) is 47.0 Å². The van der Waals surface area contributed by atoms with Gasteiger partial charge in [0.25, 0.3) is 0 Å². The molecule has 2 rings (SSSR count). The minimum Gasteiger partial charge on any atom is -0.382 e. The molecular formula is C20H33IN6O. The first-order valence-electron chi connectivity index (χ1n) is 9.67. The maximum absolute atomic E-state index is 5.40. The number of aryl methyl sites for hydroxylation is 2. The van der Waals surface area contributed by atoms with Gasteiger partial charge in [-0.05, 0) is 37.8 Å². The van der Waals surface area contributed by atoms with E-state index in [0.29, 0.717) is 13.1 Å². The summed E-state index contributed by atoms with van der Waals surface area (Å²) in [4.78, 5) is 4.77. The Bertz CT molecular complexity index is 731. The lowest BCUT2D eigenvalue weighted by molar-refractivity contribution is 0.145. The molecule has 0 aliphatic rings. The molecule has 1 aromatic heterocycles. The Kier molecular flexibility index (Phi) is 11.7. The van der Waals surface area contributed by atoms with Gasteiger partial charge in [-0.2, -0.15) is 0 Å². The molecule has 0 bridgehead atoms. The van der Waals surface area contributed by atoms with Crippen molar-refractivity contribution >= 4 is 29.9 Å². The number of ether oxygens (including phenoxy) is 1. The van der Waals surface area contributed by atoms with Crippen LogP contribution in [0.2, 0.25) is 0 Å². The van der Waals surface area contributed by atoms with Crippen LogP contribution in [-0.4, -0.2) is 40.5 Å². The summed E-state index contributed by atoms with van der Waals surface area (Å²) >= 11 is 0. The van der Waals surface area contributed by atoms with Gasteiger partial charge in [0.05, 0.1) is 13.1 Å². The zero-order valence-corrected chi connectivity index (χ0v) is 19.7. The van der Waals surface area contributed by atoms with Gasteiger partial charge in [-0.3, -0.25) is 0 Å². The first-order valence-corrected chi connectivity index (χ1v) is 9.67. The van der Waals surface area contributed by atoms with Gasteiger partial charge in [0.1, 0.15) is 5.82 Å². The van der Waals surface area contributed by atoms with Crippen LogP contribution < -0.4 is 10.6 Å². The van der Waals surface area contributed by atoms with Crippen LogP contribution in [-0.2, 0) is 31.3 Å². The summed E-state index contributed by atoms with van der Waals surface area (Å²) in [5.41, 5.74) is 2.59. The Morgan fingerprint density at radius 2 is 1.89 bits per heavy atom. The number of benzene rings is 1. The highest BCUT2D eigenvalue weighted by molar-refractivity contribution is 14.0. The van der Waals surface area contributed by atoms with E-state index in [9.17, 15) is 0 Å². The predicted octanol–water partition coefficient (Wildman–Crippen LogP) is 2.97. The minimum absolute atomic E-state index is 0. The molecule has 0 saturated heterocycles. The van der Waals surface area contributed by atoms with Crippen molar-refractivity contribution in [3.8, 4) is 0 Å². The van der Waals surface area contributed by atoms with Crippen LogP contribution in [0.3, 0.4) is 0 Å². The molecule has 0 spiro atoms. The fourth-order valence-corrected chi connectivity index (χ4v) is 2.69. The highest BCUT2D eigenvalue weighted by atomic mass is 127. The zero-order valence-electron chi connectivity index (χ0n) is 17.4. The van der Waals surface area contributed by atoms with Crippen molar-refractivity contribution < 1.29 is 4.74 Å². The van der Waals surface area contributed by atoms with Crippen molar-refractivity contribution in [2.45, 2.75) is 46.7 Å². The number of nitrogens with one attached hydrogen (secondary N) is 2. The average molecular weight is 500 g/mol. The summed E-state index contributed by atoms with van der Waals surface area (Å²) in [6.45, 7) is 9.64. The van der Waals surface area contributed by atoms with Gasteiger partial charge < -0.3 is 19.9 Å². The molecule has 0 saturated carbocycles. The zero-order chi connectivity index (χ0) is 19.5. The van der Waals surface area contributed by atoms with Crippen molar-refractivity contribution in [3.63, 3.8) is 0 Å². The van der Waals surface area contributed by atoms with E-state index < -0.39 is 0 Å². The smallest absolute Gasteiger partial charge is 0.191 e. The van der Waals surface area contributed by atoms with Crippen LogP contribution in [0.1, 0.15) is 43.0 Å². The molecule has 0 aliphatic carbocycles. The highest BCUT2D eigenvalue weighted by Gasteiger charge is 2.07. The van der Waals surface area contributed by atoms with E-state index in [0.717, 1.165) is 50.2 Å². The largest absolute Gasteiger partial charge is 0.382 e. The third-order valence-corrected chi connectivity index (χ3v) is 4.47. The number of hydrogen-bond donors (Lipinski definition) is 2. The van der Waals surface area contributed by atoms with Crippen LogP contribution in [0.25, 0.3) is 0 Å². The second kappa shape index (κ2) is 13.5. The second-order valence-corrected chi connectivity index (χ2v) is 6.34. The van der Waals surface area contributed by atoms with Crippen LogP contribution in [0.15, 0.2) is 29.3 Å². The Balaban J connectivity index is 0.00000392. The Morgan fingerprint density at radius 1 is 1.14 bits per heavy atom. The van der Waals surface area contributed by atoms with Crippen LogP contribution >= 0.6 is 24.0 Å². The maximum atomic E-state index is 5.40. The van der Waals surface area contributed by atoms with E-state index in [4.69, 9.17) is 9.73 Å². The summed E-state index contributed by atoms with van der Waals surface area (Å²) < 4.78 is 7.38. The SMILES string of the molecule is CCOCCCNC(=NCc1ccccc1CC)NCc1nnc(C)n1C.I. The summed E-state index contributed by atoms with van der Waals surface area (Å²) in [5.74, 6) is 2.55. The lowest BCUT2D eigenvalue weighted by atomic mass is 10.1.